The molecule has 1 N–H and O–H groups in total. The lowest BCUT2D eigenvalue weighted by Gasteiger charge is -2.70. The summed E-state index contributed by atoms with van der Waals surface area (Å²) in [5.74, 6) is 2.29. The molecule has 0 amide bonds. The Kier molecular flexibility index (Phi) is 4.66. The molecule has 0 aliphatic heterocycles. The van der Waals surface area contributed by atoms with Crippen molar-refractivity contribution in [2.24, 2.45) is 50.2 Å². The van der Waals surface area contributed by atoms with Crippen molar-refractivity contribution in [1.82, 2.24) is 0 Å². The summed E-state index contributed by atoms with van der Waals surface area (Å²) in [5, 5.41) is 10.9. The second kappa shape index (κ2) is 6.43. The number of aliphatic hydroxyl groups excluding tert-OH is 1. The molecule has 0 bridgehead atoms. The predicted octanol–water partition coefficient (Wildman–Crippen LogP) is 8.17. The third-order valence-electron chi connectivity index (χ3n) is 12.7. The maximum absolute atomic E-state index is 10.9. The molecule has 4 fully saturated rings. The first-order valence-electron chi connectivity index (χ1n) is 13.6. The predicted molar refractivity (Wildman–Crippen MR) is 131 cm³/mol. The number of fused-ring (bicyclic) bond motifs is 7. The lowest BCUT2D eigenvalue weighted by atomic mass is 9.35. The highest BCUT2D eigenvalue weighted by Gasteiger charge is 2.66. The first kappa shape index (κ1) is 22.5. The van der Waals surface area contributed by atoms with E-state index in [1.807, 2.05) is 5.57 Å². The molecule has 31 heavy (non-hydrogen) atoms. The molecular formula is C30H50O. The van der Waals surface area contributed by atoms with E-state index in [0.29, 0.717) is 33.0 Å². The number of aliphatic hydroxyl groups is 1. The molecular weight excluding hydrogens is 376 g/mol. The zero-order chi connectivity index (χ0) is 22.7. The van der Waals surface area contributed by atoms with Crippen molar-refractivity contribution in [2.75, 3.05) is 0 Å². The highest BCUT2D eigenvalue weighted by Crippen LogP contribution is 2.74. The normalized spacial score (nSPS) is 55.2. The molecule has 0 aromatic rings. The molecule has 0 spiro atoms. The summed E-state index contributed by atoms with van der Waals surface area (Å²) >= 11 is 0. The molecule has 0 aromatic heterocycles. The van der Waals surface area contributed by atoms with Gasteiger partial charge in [-0.15, -0.1) is 0 Å². The van der Waals surface area contributed by atoms with E-state index in [1.165, 1.54) is 57.8 Å². The van der Waals surface area contributed by atoms with Crippen LogP contribution in [0.1, 0.15) is 120 Å². The first-order valence-corrected chi connectivity index (χ1v) is 13.6. The van der Waals surface area contributed by atoms with Gasteiger partial charge in [-0.2, -0.15) is 0 Å². The van der Waals surface area contributed by atoms with Crippen LogP contribution in [0.25, 0.3) is 0 Å². The van der Waals surface area contributed by atoms with E-state index in [4.69, 9.17) is 0 Å². The number of hydrogen-bond donors (Lipinski definition) is 1. The van der Waals surface area contributed by atoms with Crippen LogP contribution in [-0.2, 0) is 0 Å². The van der Waals surface area contributed by atoms with Gasteiger partial charge >= 0.3 is 0 Å². The average Bonchev–Trinajstić information content (AvgIpc) is 2.66. The number of allylic oxidation sites excluding steroid dienone is 2. The molecule has 0 heterocycles. The Morgan fingerprint density at radius 1 is 0.710 bits per heavy atom. The van der Waals surface area contributed by atoms with Crippen LogP contribution < -0.4 is 0 Å². The maximum Gasteiger partial charge on any atom is 0.0594 e. The molecule has 5 rings (SSSR count). The van der Waals surface area contributed by atoms with E-state index in [-0.39, 0.29) is 11.5 Å². The van der Waals surface area contributed by atoms with Crippen molar-refractivity contribution in [3.05, 3.63) is 11.6 Å². The molecule has 0 saturated heterocycles. The number of rotatable bonds is 0. The van der Waals surface area contributed by atoms with E-state index in [2.05, 4.69) is 61.5 Å². The van der Waals surface area contributed by atoms with Crippen molar-refractivity contribution in [2.45, 2.75) is 126 Å². The zero-order valence-corrected chi connectivity index (χ0v) is 21.9. The van der Waals surface area contributed by atoms with E-state index in [9.17, 15) is 5.11 Å². The Balaban J connectivity index is 1.56. The van der Waals surface area contributed by atoms with Crippen LogP contribution in [0.2, 0.25) is 0 Å². The van der Waals surface area contributed by atoms with Gasteiger partial charge in [0.15, 0.2) is 0 Å². The summed E-state index contributed by atoms with van der Waals surface area (Å²) in [4.78, 5) is 0. The fourth-order valence-electron chi connectivity index (χ4n) is 10.8. The Bertz CT molecular complexity index is 790. The average molecular weight is 427 g/mol. The summed E-state index contributed by atoms with van der Waals surface area (Å²) in [7, 11) is 0. The first-order chi connectivity index (χ1) is 14.2. The van der Waals surface area contributed by atoms with Gasteiger partial charge in [-0.3, -0.25) is 0 Å². The second-order valence-corrected chi connectivity index (χ2v) is 15.3. The van der Waals surface area contributed by atoms with Gasteiger partial charge in [0.1, 0.15) is 0 Å². The van der Waals surface area contributed by atoms with Gasteiger partial charge in [-0.05, 0) is 114 Å². The quantitative estimate of drug-likeness (QED) is 0.387. The fraction of sp³-hybridized carbons (Fsp3) is 0.933. The summed E-state index contributed by atoms with van der Waals surface area (Å²) < 4.78 is 0. The lowest BCUT2D eigenvalue weighted by molar-refractivity contribution is -0.184. The van der Waals surface area contributed by atoms with Gasteiger partial charge in [0, 0.05) is 0 Å². The van der Waals surface area contributed by atoms with Gasteiger partial charge in [0.2, 0.25) is 0 Å². The Hall–Kier alpha value is -0.300. The monoisotopic (exact) mass is 426 g/mol. The van der Waals surface area contributed by atoms with Gasteiger partial charge in [-0.25, -0.2) is 0 Å². The minimum absolute atomic E-state index is 0.0575. The molecule has 1 nitrogen and oxygen atoms in total. The summed E-state index contributed by atoms with van der Waals surface area (Å²) in [5.41, 5.74) is 4.07. The fourth-order valence-corrected chi connectivity index (χ4v) is 10.8. The highest BCUT2D eigenvalue weighted by atomic mass is 16.3. The van der Waals surface area contributed by atoms with Crippen LogP contribution in [0.15, 0.2) is 11.6 Å². The summed E-state index contributed by atoms with van der Waals surface area (Å²) in [6, 6.07) is 0. The molecule has 5 aliphatic carbocycles. The Labute approximate surface area is 192 Å². The third kappa shape index (κ3) is 2.83. The van der Waals surface area contributed by atoms with Crippen molar-refractivity contribution < 1.29 is 5.11 Å². The van der Waals surface area contributed by atoms with Gasteiger partial charge in [0.25, 0.3) is 0 Å². The van der Waals surface area contributed by atoms with Crippen LogP contribution in [0.4, 0.5) is 0 Å². The molecule has 1 heteroatoms. The van der Waals surface area contributed by atoms with Crippen molar-refractivity contribution >= 4 is 0 Å². The molecule has 0 radical (unpaired) electrons. The van der Waals surface area contributed by atoms with E-state index >= 15 is 0 Å². The maximum atomic E-state index is 10.9. The van der Waals surface area contributed by atoms with Crippen LogP contribution in [0.5, 0.6) is 0 Å². The summed E-state index contributed by atoms with van der Waals surface area (Å²) in [6.07, 6.45) is 15.8. The Morgan fingerprint density at radius 2 is 1.32 bits per heavy atom. The lowest BCUT2D eigenvalue weighted by Crippen LogP contribution is -2.63. The summed E-state index contributed by atoms with van der Waals surface area (Å²) in [6.45, 7) is 20.4. The van der Waals surface area contributed by atoms with Crippen molar-refractivity contribution in [3.8, 4) is 0 Å². The molecule has 0 aromatic carbocycles. The van der Waals surface area contributed by atoms with E-state index in [0.717, 1.165) is 18.3 Å². The standard InChI is InChI=1S/C30H50O/c1-25(2)17-18-27(5)13-9-21-29(7)14-10-20-26(3,4)24(31)12-16-28(20,6)22(29)11-15-30(21,8)23(27)19-25/h9,20,22-24,31H,10-19H2,1-8H3/t20-,22-,23-,24+,27+,28+,29+,30-/m1/s1. The van der Waals surface area contributed by atoms with Gasteiger partial charge in [0.05, 0.1) is 6.10 Å². The topological polar surface area (TPSA) is 20.2 Å². The van der Waals surface area contributed by atoms with Crippen LogP contribution in [0.3, 0.4) is 0 Å². The minimum Gasteiger partial charge on any atom is -0.393 e. The zero-order valence-electron chi connectivity index (χ0n) is 21.9. The van der Waals surface area contributed by atoms with Gasteiger partial charge < -0.3 is 5.11 Å². The highest BCUT2D eigenvalue weighted by molar-refractivity contribution is 5.34. The van der Waals surface area contributed by atoms with Crippen LogP contribution >= 0.6 is 0 Å². The molecule has 176 valence electrons. The van der Waals surface area contributed by atoms with Crippen LogP contribution in [-0.4, -0.2) is 11.2 Å². The Morgan fingerprint density at radius 3 is 2.00 bits per heavy atom. The van der Waals surface area contributed by atoms with Crippen LogP contribution in [0, 0.1) is 50.2 Å². The SMILES string of the molecule is CC1(C)CC[C@]2(C)CC=C3[C@]4(C)CC[C@@H]5C(C)(C)[C@@H](O)CC[C@]5(C)[C@H]4CC[C@@]3(C)[C@@H]2C1. The van der Waals surface area contributed by atoms with Crippen molar-refractivity contribution in [1.29, 1.82) is 0 Å². The largest absolute Gasteiger partial charge is 0.393 e. The minimum atomic E-state index is -0.122. The smallest absolute Gasteiger partial charge is 0.0594 e. The molecule has 0 unspecified atom stereocenters. The molecule has 8 atom stereocenters. The number of hydrogen-bond acceptors (Lipinski definition) is 1. The third-order valence-corrected chi connectivity index (χ3v) is 12.7. The van der Waals surface area contributed by atoms with Crippen molar-refractivity contribution in [3.63, 3.8) is 0 Å². The second-order valence-electron chi connectivity index (χ2n) is 15.3. The van der Waals surface area contributed by atoms with Gasteiger partial charge in [-0.1, -0.05) is 67.0 Å². The molecule has 5 aliphatic rings. The molecule has 4 saturated carbocycles. The van der Waals surface area contributed by atoms with E-state index in [1.54, 1.807) is 0 Å². The van der Waals surface area contributed by atoms with E-state index < -0.39 is 0 Å².